The van der Waals surface area contributed by atoms with Crippen LogP contribution >= 0.6 is 0 Å². The Hall–Kier alpha value is -1.38. The Morgan fingerprint density at radius 1 is 0.941 bits per heavy atom. The molecule has 2 aromatic rings. The maximum atomic E-state index is 5.80. The van der Waals surface area contributed by atoms with Crippen molar-refractivity contribution in [1.29, 1.82) is 0 Å². The van der Waals surface area contributed by atoms with Crippen LogP contribution in [0.2, 0.25) is 0 Å². The van der Waals surface area contributed by atoms with Crippen LogP contribution in [-0.2, 0) is 9.47 Å². The third kappa shape index (κ3) is 2.19. The predicted molar refractivity (Wildman–Crippen MR) is 68.1 cm³/mol. The van der Waals surface area contributed by atoms with Crippen LogP contribution in [0.15, 0.2) is 42.5 Å². The van der Waals surface area contributed by atoms with Crippen LogP contribution < -0.4 is 0 Å². The molecule has 88 valence electrons. The average Bonchev–Trinajstić information content (AvgIpc) is 2.39. The molecule has 0 N–H and O–H groups in total. The first-order chi connectivity index (χ1) is 8.33. The van der Waals surface area contributed by atoms with Crippen molar-refractivity contribution in [2.75, 3.05) is 13.2 Å². The van der Waals surface area contributed by atoms with Crippen molar-refractivity contribution in [3.63, 3.8) is 0 Å². The van der Waals surface area contributed by atoms with Gasteiger partial charge in [-0.25, -0.2) is 0 Å². The minimum Gasteiger partial charge on any atom is -0.373 e. The first-order valence-corrected chi connectivity index (χ1v) is 6.05. The molecule has 0 aliphatic carbocycles. The first-order valence-electron chi connectivity index (χ1n) is 6.05. The standard InChI is InChI=1S/C15H16O2/c1-11-9-17-15(10-16-11)14-7-6-12-4-2-3-5-13(12)8-14/h2-8,11,15H,9-10H2,1H3. The first kappa shape index (κ1) is 10.8. The van der Waals surface area contributed by atoms with Gasteiger partial charge in [-0.1, -0.05) is 36.4 Å². The summed E-state index contributed by atoms with van der Waals surface area (Å²) >= 11 is 0. The van der Waals surface area contributed by atoms with Gasteiger partial charge < -0.3 is 9.47 Å². The zero-order valence-corrected chi connectivity index (χ0v) is 9.93. The lowest BCUT2D eigenvalue weighted by atomic mass is 10.0. The lowest BCUT2D eigenvalue weighted by Gasteiger charge is -2.27. The summed E-state index contributed by atoms with van der Waals surface area (Å²) in [4.78, 5) is 0. The van der Waals surface area contributed by atoms with Gasteiger partial charge in [-0.05, 0) is 29.3 Å². The van der Waals surface area contributed by atoms with Crippen molar-refractivity contribution in [2.45, 2.75) is 19.1 Å². The van der Waals surface area contributed by atoms with Gasteiger partial charge in [0.05, 0.1) is 19.3 Å². The summed E-state index contributed by atoms with van der Waals surface area (Å²) in [6, 6.07) is 14.8. The van der Waals surface area contributed by atoms with Crippen LogP contribution in [0, 0.1) is 0 Å². The molecule has 0 radical (unpaired) electrons. The van der Waals surface area contributed by atoms with E-state index in [1.165, 1.54) is 16.3 Å². The molecule has 0 saturated carbocycles. The Morgan fingerprint density at radius 3 is 2.53 bits per heavy atom. The zero-order valence-electron chi connectivity index (χ0n) is 9.93. The largest absolute Gasteiger partial charge is 0.373 e. The van der Waals surface area contributed by atoms with Crippen LogP contribution in [0.25, 0.3) is 10.8 Å². The number of rotatable bonds is 1. The average molecular weight is 228 g/mol. The molecule has 1 fully saturated rings. The highest BCUT2D eigenvalue weighted by Crippen LogP contribution is 2.25. The number of fused-ring (bicyclic) bond motifs is 1. The topological polar surface area (TPSA) is 18.5 Å². The molecule has 1 saturated heterocycles. The lowest BCUT2D eigenvalue weighted by Crippen LogP contribution is -2.28. The molecule has 0 amide bonds. The van der Waals surface area contributed by atoms with Crippen molar-refractivity contribution in [3.8, 4) is 0 Å². The molecule has 0 bridgehead atoms. The van der Waals surface area contributed by atoms with Gasteiger partial charge in [0.25, 0.3) is 0 Å². The lowest BCUT2D eigenvalue weighted by molar-refractivity contribution is -0.128. The van der Waals surface area contributed by atoms with Crippen molar-refractivity contribution >= 4 is 10.8 Å². The van der Waals surface area contributed by atoms with E-state index in [-0.39, 0.29) is 12.2 Å². The second kappa shape index (κ2) is 4.47. The van der Waals surface area contributed by atoms with Crippen molar-refractivity contribution in [1.82, 2.24) is 0 Å². The summed E-state index contributed by atoms with van der Waals surface area (Å²) in [5, 5.41) is 2.52. The Bertz CT molecular complexity index is 513. The molecule has 2 unspecified atom stereocenters. The van der Waals surface area contributed by atoms with E-state index < -0.39 is 0 Å². The summed E-state index contributed by atoms with van der Waals surface area (Å²) in [5.74, 6) is 0. The Balaban J connectivity index is 1.90. The second-order valence-electron chi connectivity index (χ2n) is 4.57. The molecule has 1 aliphatic heterocycles. The Morgan fingerprint density at radius 2 is 1.76 bits per heavy atom. The van der Waals surface area contributed by atoms with Gasteiger partial charge in [-0.3, -0.25) is 0 Å². The molecule has 0 aromatic heterocycles. The summed E-state index contributed by atoms with van der Waals surface area (Å²) in [7, 11) is 0. The summed E-state index contributed by atoms with van der Waals surface area (Å²) in [6.07, 6.45) is 0.294. The minimum absolute atomic E-state index is 0.0795. The van der Waals surface area contributed by atoms with Gasteiger partial charge in [0, 0.05) is 0 Å². The molecule has 2 atom stereocenters. The van der Waals surface area contributed by atoms with Crippen molar-refractivity contribution in [3.05, 3.63) is 48.0 Å². The van der Waals surface area contributed by atoms with E-state index in [1.54, 1.807) is 0 Å². The molecule has 1 aliphatic rings. The fourth-order valence-corrected chi connectivity index (χ4v) is 2.20. The van der Waals surface area contributed by atoms with Gasteiger partial charge >= 0.3 is 0 Å². The van der Waals surface area contributed by atoms with E-state index in [0.717, 1.165) is 0 Å². The quantitative estimate of drug-likeness (QED) is 0.745. The number of hydrogen-bond acceptors (Lipinski definition) is 2. The zero-order chi connectivity index (χ0) is 11.7. The van der Waals surface area contributed by atoms with Crippen LogP contribution in [0.1, 0.15) is 18.6 Å². The molecule has 2 nitrogen and oxygen atoms in total. The normalized spacial score (nSPS) is 25.0. The molecular formula is C15H16O2. The third-order valence-corrected chi connectivity index (χ3v) is 3.21. The van der Waals surface area contributed by atoms with Gasteiger partial charge in [-0.2, -0.15) is 0 Å². The number of ether oxygens (including phenoxy) is 2. The van der Waals surface area contributed by atoms with E-state index in [4.69, 9.17) is 9.47 Å². The number of hydrogen-bond donors (Lipinski definition) is 0. The SMILES string of the molecule is CC1COC(c2ccc3ccccc3c2)CO1. The number of benzene rings is 2. The van der Waals surface area contributed by atoms with E-state index in [0.29, 0.717) is 13.2 Å². The van der Waals surface area contributed by atoms with E-state index in [2.05, 4.69) is 42.5 Å². The van der Waals surface area contributed by atoms with Crippen LogP contribution in [0.4, 0.5) is 0 Å². The van der Waals surface area contributed by atoms with Gasteiger partial charge in [-0.15, -0.1) is 0 Å². The van der Waals surface area contributed by atoms with Gasteiger partial charge in [0.15, 0.2) is 0 Å². The van der Waals surface area contributed by atoms with Crippen LogP contribution in [-0.4, -0.2) is 19.3 Å². The minimum atomic E-state index is 0.0795. The van der Waals surface area contributed by atoms with Crippen molar-refractivity contribution < 1.29 is 9.47 Å². The fourth-order valence-electron chi connectivity index (χ4n) is 2.20. The molecule has 3 rings (SSSR count). The third-order valence-electron chi connectivity index (χ3n) is 3.21. The highest BCUT2D eigenvalue weighted by atomic mass is 16.6. The molecule has 17 heavy (non-hydrogen) atoms. The van der Waals surface area contributed by atoms with Crippen LogP contribution in [0.5, 0.6) is 0 Å². The summed E-state index contributed by atoms with van der Waals surface area (Å²) in [5.41, 5.74) is 1.20. The Labute approximate surface area is 101 Å². The van der Waals surface area contributed by atoms with E-state index in [1.807, 2.05) is 6.92 Å². The molecular weight excluding hydrogens is 212 g/mol. The molecule has 2 heteroatoms. The maximum absolute atomic E-state index is 5.80. The molecule has 1 heterocycles. The molecule has 0 spiro atoms. The van der Waals surface area contributed by atoms with Gasteiger partial charge in [0.1, 0.15) is 6.10 Å². The predicted octanol–water partition coefficient (Wildman–Crippen LogP) is 3.32. The molecule has 2 aromatic carbocycles. The summed E-state index contributed by atoms with van der Waals surface area (Å²) in [6.45, 7) is 3.37. The highest BCUT2D eigenvalue weighted by Gasteiger charge is 2.20. The smallest absolute Gasteiger partial charge is 0.106 e. The van der Waals surface area contributed by atoms with Crippen molar-refractivity contribution in [2.24, 2.45) is 0 Å². The van der Waals surface area contributed by atoms with E-state index >= 15 is 0 Å². The highest BCUT2D eigenvalue weighted by molar-refractivity contribution is 5.83. The Kier molecular flexibility index (Phi) is 2.83. The van der Waals surface area contributed by atoms with Crippen LogP contribution in [0.3, 0.4) is 0 Å². The second-order valence-corrected chi connectivity index (χ2v) is 4.57. The fraction of sp³-hybridized carbons (Fsp3) is 0.333. The summed E-state index contributed by atoms with van der Waals surface area (Å²) < 4.78 is 11.4. The van der Waals surface area contributed by atoms with Gasteiger partial charge in [0.2, 0.25) is 0 Å². The van der Waals surface area contributed by atoms with E-state index in [9.17, 15) is 0 Å². The maximum Gasteiger partial charge on any atom is 0.106 e. The monoisotopic (exact) mass is 228 g/mol.